The van der Waals surface area contributed by atoms with Gasteiger partial charge < -0.3 is 94.5 Å². The van der Waals surface area contributed by atoms with Crippen molar-refractivity contribution in [1.82, 2.24) is 50.8 Å². The maximum absolute atomic E-state index is 13.9. The fourth-order valence-corrected chi connectivity index (χ4v) is 21.9. The van der Waals surface area contributed by atoms with Gasteiger partial charge in [0.05, 0.1) is 37.3 Å². The van der Waals surface area contributed by atoms with Gasteiger partial charge in [0.1, 0.15) is 73.6 Å². The number of esters is 2. The third-order valence-corrected chi connectivity index (χ3v) is 30.2. The minimum absolute atomic E-state index is 0.00880. The van der Waals surface area contributed by atoms with Crippen molar-refractivity contribution >= 4 is 149 Å². The maximum Gasteiger partial charge on any atom is 0.415 e. The van der Waals surface area contributed by atoms with Crippen LogP contribution in [0.25, 0.3) is 20.4 Å². The first-order chi connectivity index (χ1) is 71.4. The summed E-state index contributed by atoms with van der Waals surface area (Å²) in [7, 11) is 3.15. The highest BCUT2D eigenvalue weighted by Gasteiger charge is 2.56. The molecule has 774 valence electrons. The Morgan fingerprint density at radius 3 is 1.25 bits per heavy atom. The summed E-state index contributed by atoms with van der Waals surface area (Å²) in [5, 5.41) is 62.7. The highest BCUT2D eigenvalue weighted by atomic mass is 32.2. The highest BCUT2D eigenvalue weighted by Crippen LogP contribution is 2.60. The number of ether oxygens (including phenoxy) is 7. The summed E-state index contributed by atoms with van der Waals surface area (Å²) >= 11 is 3.88. The maximum atomic E-state index is 13.9. The van der Waals surface area contributed by atoms with Crippen LogP contribution in [0.3, 0.4) is 0 Å². The highest BCUT2D eigenvalue weighted by molar-refractivity contribution is 8.15. The molecule has 8 amide bonds. The second-order valence-electron chi connectivity index (χ2n) is 38.1. The zero-order valence-electron chi connectivity index (χ0n) is 83.6. The number of amides is 8. The molecular weight excluding hydrogens is 1990 g/mol. The number of nitrogens with zero attached hydrogens (tertiary/aromatic N) is 8. The molecular formula is C109H104N12O26S3. The monoisotopic (exact) mass is 2090 g/mol. The van der Waals surface area contributed by atoms with E-state index in [1.165, 1.54) is 103 Å². The summed E-state index contributed by atoms with van der Waals surface area (Å²) < 4.78 is 42.1. The molecule has 17 rings (SSSR count). The van der Waals surface area contributed by atoms with Gasteiger partial charge in [0.2, 0.25) is 29.9 Å². The number of rotatable bonds is 33. The van der Waals surface area contributed by atoms with Crippen molar-refractivity contribution in [3.8, 4) is 63.6 Å². The lowest BCUT2D eigenvalue weighted by Gasteiger charge is -2.36. The van der Waals surface area contributed by atoms with Gasteiger partial charge in [-0.05, 0) is 151 Å². The number of likely N-dealkylation sites (N-methyl/N-ethyl adjacent to an activating group) is 2. The summed E-state index contributed by atoms with van der Waals surface area (Å²) in [4.78, 5) is 217. The lowest BCUT2D eigenvalue weighted by Crippen LogP contribution is -2.42. The molecule has 150 heavy (non-hydrogen) atoms. The zero-order valence-corrected chi connectivity index (χ0v) is 86.1. The number of phenols is 4. The number of ketones is 4. The number of allylic oxidation sites excluding steroid dienone is 8. The molecule has 0 bridgehead atoms. The number of nitrogens with one attached hydrogen (secondary N) is 4. The molecule has 2 aromatic heterocycles. The van der Waals surface area contributed by atoms with Crippen LogP contribution >= 0.6 is 34.4 Å². The lowest BCUT2D eigenvalue weighted by molar-refractivity contribution is -0.132. The largest absolute Gasteiger partial charge is 0.508 e. The standard InChI is InChI=1S/C56H54N6O14S2.C53H50N6O12S/c1-29-30(2)49(69)47(31(3)48(29)68)55(4,5)26-46(67)61(6)20-21-62(54(72)74-35-12-16-40-43(25-35)78-52(59-40)51-60-45(27-77-51)73-28-63)19-7-8-44(66)57-17-18-58-50(70)32-9-13-37-36(22-32)53(71)76-56(37)38-14-10-33(64)23-41(38)75-42-24-34(65)11-15-39(42)56;1-28-29(2)48(65)46(30(3)47(28)64)52(4,5)26-45(63)58(6)20-21-59(51(68)69-34-12-16-39-42(25-34)72-44(27-54)57-39)19-7-8-43(62)55-17-18-56-49(66)31-9-13-36-35(22-31)50(67)71-53(36)37-14-10-32(60)23-40(37)70-41-24-33(61)11-15-38(41)53/h9-16,22-25,28,45,64-65H,7-8,17-21,26-27H2,1-6H3,(H,57,66)(H,58,70);9-16,22-25,60-61H,7-8,17-21,26H2,1-6H3,(H,55,62)(H,56,66). The number of carbonyl (C=O) groups is 15. The number of thiazole rings is 2. The summed E-state index contributed by atoms with van der Waals surface area (Å²) in [6, 6.07) is 38.5. The van der Waals surface area contributed by atoms with Gasteiger partial charge in [-0.15, -0.1) is 22.7 Å². The molecule has 0 saturated heterocycles. The number of fused-ring (bicyclic) bond motifs is 14. The first-order valence-corrected chi connectivity index (χ1v) is 50.5. The van der Waals surface area contributed by atoms with Gasteiger partial charge in [0, 0.05) is 242 Å². The predicted molar refractivity (Wildman–Crippen MR) is 549 cm³/mol. The van der Waals surface area contributed by atoms with Gasteiger partial charge in [-0.3, -0.25) is 52.7 Å². The van der Waals surface area contributed by atoms with E-state index in [-0.39, 0.29) is 235 Å². The third kappa shape index (κ3) is 21.6. The number of hydrogen-bond acceptors (Lipinski definition) is 33. The van der Waals surface area contributed by atoms with Crippen molar-refractivity contribution in [3.05, 3.63) is 256 Å². The Kier molecular flexibility index (Phi) is 30.7. The Bertz CT molecular complexity index is 7500. The first-order valence-electron chi connectivity index (χ1n) is 47.9. The van der Waals surface area contributed by atoms with Crippen LogP contribution in [0.15, 0.2) is 195 Å². The fourth-order valence-electron chi connectivity index (χ4n) is 19.1. The number of benzene rings is 8. The molecule has 38 nitrogen and oxygen atoms in total. The number of Topliss-reactive ketones (excluding diaryl/α,β-unsaturated/α-hetero) is 4. The van der Waals surface area contributed by atoms with Gasteiger partial charge >= 0.3 is 24.1 Å². The molecule has 0 fully saturated rings. The van der Waals surface area contributed by atoms with Gasteiger partial charge in [-0.2, -0.15) is 5.26 Å². The molecule has 7 heterocycles. The van der Waals surface area contributed by atoms with Gasteiger partial charge in [0.15, 0.2) is 39.3 Å². The van der Waals surface area contributed by atoms with E-state index in [0.29, 0.717) is 121 Å². The molecule has 41 heteroatoms. The molecule has 10 aromatic rings. The van der Waals surface area contributed by atoms with Crippen LogP contribution in [-0.2, 0) is 68.6 Å². The van der Waals surface area contributed by atoms with E-state index in [9.17, 15) is 97.6 Å². The topological polar surface area (TPSA) is 525 Å². The van der Waals surface area contributed by atoms with Crippen LogP contribution < -0.4 is 40.2 Å². The van der Waals surface area contributed by atoms with Gasteiger partial charge in [0.25, 0.3) is 18.3 Å². The van der Waals surface area contributed by atoms with Crippen molar-refractivity contribution < 1.29 is 126 Å². The molecule has 2 spiro atoms. The number of thioether (sulfide) groups is 1. The summed E-state index contributed by atoms with van der Waals surface area (Å²) in [5.74, 6) is -3.39. The molecule has 7 aliphatic rings. The van der Waals surface area contributed by atoms with Crippen molar-refractivity contribution in [2.24, 2.45) is 15.8 Å². The Labute approximate surface area is 871 Å². The zero-order chi connectivity index (χ0) is 108. The quantitative estimate of drug-likeness (QED) is 0.00622. The summed E-state index contributed by atoms with van der Waals surface area (Å²) in [6.45, 7) is 17.4. The number of phenolic OH excluding ortho intramolecular Hbond substituents is 4. The predicted octanol–water partition coefficient (Wildman–Crippen LogP) is 14.0. The van der Waals surface area contributed by atoms with E-state index in [1.807, 2.05) is 6.07 Å². The molecule has 1 unspecified atom stereocenters. The third-order valence-electron chi connectivity index (χ3n) is 27.1. The smallest absolute Gasteiger partial charge is 0.415 e. The van der Waals surface area contributed by atoms with E-state index < -0.39 is 64.2 Å². The van der Waals surface area contributed by atoms with Crippen LogP contribution in [0.1, 0.15) is 193 Å². The number of hydrogen-bond donors (Lipinski definition) is 8. The van der Waals surface area contributed by atoms with Crippen molar-refractivity contribution in [1.29, 1.82) is 5.26 Å². The molecule has 0 radical (unpaired) electrons. The van der Waals surface area contributed by atoms with E-state index in [2.05, 4.69) is 36.2 Å². The van der Waals surface area contributed by atoms with Crippen LogP contribution in [0.4, 0.5) is 9.59 Å². The fraction of sp³-hybridized carbons (Fsp3) is 0.312. The summed E-state index contributed by atoms with van der Waals surface area (Å²) in [5.41, 5.74) is 2.13. The van der Waals surface area contributed by atoms with Crippen molar-refractivity contribution in [3.63, 3.8) is 0 Å². The molecule has 0 saturated carbocycles. The average molecular weight is 2090 g/mol. The number of carbonyl (C=O) groups excluding carboxylic acids is 15. The summed E-state index contributed by atoms with van der Waals surface area (Å²) in [6.07, 6.45) is -1.91. The molecule has 8 aromatic carbocycles. The number of aliphatic imine (C=N–C) groups is 1. The first kappa shape index (κ1) is 106. The van der Waals surface area contributed by atoms with Crippen LogP contribution in [0.5, 0.6) is 57.5 Å². The Morgan fingerprint density at radius 2 is 0.853 bits per heavy atom. The number of nitriles is 1. The second-order valence-corrected chi connectivity index (χ2v) is 41.2. The van der Waals surface area contributed by atoms with Gasteiger partial charge in [-0.1, -0.05) is 51.6 Å². The molecule has 1 atom stereocenters. The van der Waals surface area contributed by atoms with Gasteiger partial charge in [-0.25, -0.2) is 34.1 Å². The number of aromatic hydroxyl groups is 4. The second kappa shape index (κ2) is 43.4. The minimum atomic E-state index is -1.49. The van der Waals surface area contributed by atoms with Crippen molar-refractivity contribution in [2.45, 2.75) is 125 Å². The van der Waals surface area contributed by atoms with Crippen LogP contribution in [0.2, 0.25) is 0 Å². The molecule has 5 aliphatic heterocycles. The molecule has 2 aliphatic carbocycles. The van der Waals surface area contributed by atoms with Crippen LogP contribution in [-0.4, -0.2) is 236 Å². The Hall–Kier alpha value is -16.7. The number of aromatic nitrogens is 2. The molecule has 8 N–H and O–H groups in total. The lowest BCUT2D eigenvalue weighted by atomic mass is 9.71. The van der Waals surface area contributed by atoms with E-state index in [1.54, 1.807) is 168 Å². The Morgan fingerprint density at radius 1 is 0.473 bits per heavy atom. The normalized spacial score (nSPS) is 15.4. The van der Waals surface area contributed by atoms with E-state index in [4.69, 9.17) is 33.2 Å². The van der Waals surface area contributed by atoms with E-state index in [0.717, 1.165) is 11.3 Å². The van der Waals surface area contributed by atoms with Crippen LogP contribution in [0, 0.1) is 22.2 Å². The SMILES string of the molecule is CC1=C(C)C(=O)C(C(C)(C)CC(=O)N(C)CCN(CCCC(=O)NCCNC(=O)c2ccc3c(c2)C(=O)OC32c3ccc(O)cc3Oc3cc(O)ccc32)C(=O)Oc2ccc3nc(C#N)sc3c2)=C(C)C1=O.CC1=C(C)C(=O)C(C(C)(C)CC(=O)N(C)CCN(CCCC(=O)NCCNC(=O)c2ccc3c(c2)C(=O)OC32c3ccc(O)cc3Oc3cc(O)ccc32)C(=O)Oc2ccc3nc(C4=NC(OC=O)CS4)sc3c2)=C(C)C1=O. The Balaban J connectivity index is 0.000000214. The van der Waals surface area contributed by atoms with E-state index >= 15 is 0 Å². The minimum Gasteiger partial charge on any atom is -0.508 e. The van der Waals surface area contributed by atoms with Crippen molar-refractivity contribution in [2.75, 3.05) is 85.3 Å². The average Bonchev–Trinajstić information content (AvgIpc) is 1.56.